The monoisotopic (exact) mass is 497 g/mol. The predicted molar refractivity (Wildman–Crippen MR) is 133 cm³/mol. The van der Waals surface area contributed by atoms with Crippen molar-refractivity contribution in [2.45, 2.75) is 45.6 Å². The van der Waals surface area contributed by atoms with E-state index >= 15 is 0 Å². The van der Waals surface area contributed by atoms with Gasteiger partial charge in [-0.1, -0.05) is 0 Å². The van der Waals surface area contributed by atoms with E-state index in [4.69, 9.17) is 14.2 Å². The number of hydrogen-bond acceptors (Lipinski definition) is 6. The number of carbonyl (C=O) groups is 2. The summed E-state index contributed by atoms with van der Waals surface area (Å²) in [6.45, 7) is 8.17. The lowest BCUT2D eigenvalue weighted by atomic mass is 9.83. The summed E-state index contributed by atoms with van der Waals surface area (Å²) in [5.74, 6) is -0.949. The van der Waals surface area contributed by atoms with Gasteiger partial charge in [-0.3, -0.25) is 4.79 Å². The Balaban J connectivity index is 1.75. The van der Waals surface area contributed by atoms with Crippen molar-refractivity contribution >= 4 is 23.1 Å². The Kier molecular flexibility index (Phi) is 7.19. The summed E-state index contributed by atoms with van der Waals surface area (Å²) in [4.78, 5) is 35.1. The molecule has 2 aromatic heterocycles. The summed E-state index contributed by atoms with van der Waals surface area (Å²) in [6, 6.07) is 8.07. The second kappa shape index (κ2) is 10.2. The maximum absolute atomic E-state index is 14.1. The molecule has 1 aliphatic heterocycles. The van der Waals surface area contributed by atoms with Crippen molar-refractivity contribution in [3.8, 4) is 16.9 Å². The first kappa shape index (κ1) is 25.5. The Hall–Kier alpha value is -3.62. The van der Waals surface area contributed by atoms with Gasteiger partial charge in [-0.25, -0.2) is 14.2 Å². The molecule has 1 aromatic carbocycles. The molecule has 3 heterocycles. The average molecular weight is 498 g/mol. The van der Waals surface area contributed by atoms with E-state index in [0.29, 0.717) is 29.9 Å². The molecule has 4 rings (SSSR count). The fourth-order valence-electron chi connectivity index (χ4n) is 4.66. The first-order valence-electron chi connectivity index (χ1n) is 12.1. The summed E-state index contributed by atoms with van der Waals surface area (Å²) in [5.41, 5.74) is 2.04. The molecule has 36 heavy (non-hydrogen) atoms. The summed E-state index contributed by atoms with van der Waals surface area (Å²) in [7, 11) is 1.54. The van der Waals surface area contributed by atoms with Gasteiger partial charge in [0.1, 0.15) is 22.8 Å². The van der Waals surface area contributed by atoms with Crippen LogP contribution in [-0.2, 0) is 14.3 Å². The van der Waals surface area contributed by atoms with Crippen LogP contribution in [-0.4, -0.2) is 59.3 Å². The predicted octanol–water partition coefficient (Wildman–Crippen LogP) is 5.28. The zero-order valence-corrected chi connectivity index (χ0v) is 21.3. The van der Waals surface area contributed by atoms with Crippen molar-refractivity contribution < 1.29 is 28.2 Å². The molecule has 0 aliphatic carbocycles. The summed E-state index contributed by atoms with van der Waals surface area (Å²) in [5, 5.41) is 0.758. The number of benzene rings is 1. The molecule has 8 nitrogen and oxygen atoms in total. The van der Waals surface area contributed by atoms with Crippen LogP contribution in [0.25, 0.3) is 22.2 Å². The number of ether oxygens (including phenoxy) is 3. The number of aromatic amines is 1. The van der Waals surface area contributed by atoms with Crippen molar-refractivity contribution in [3.63, 3.8) is 0 Å². The molecule has 1 N–H and O–H groups in total. The second-order valence-corrected chi connectivity index (χ2v) is 9.87. The van der Waals surface area contributed by atoms with Gasteiger partial charge >= 0.3 is 12.1 Å². The highest BCUT2D eigenvalue weighted by molar-refractivity contribution is 5.95. The van der Waals surface area contributed by atoms with Crippen molar-refractivity contribution in [1.29, 1.82) is 0 Å². The first-order chi connectivity index (χ1) is 17.1. The van der Waals surface area contributed by atoms with Crippen molar-refractivity contribution in [3.05, 3.63) is 48.0 Å². The van der Waals surface area contributed by atoms with Crippen LogP contribution in [0.3, 0.4) is 0 Å². The number of pyridine rings is 1. The quantitative estimate of drug-likeness (QED) is 0.482. The number of methoxy groups -OCH3 is 1. The van der Waals surface area contributed by atoms with Gasteiger partial charge < -0.3 is 24.1 Å². The molecule has 1 fully saturated rings. The molecule has 2 atom stereocenters. The van der Waals surface area contributed by atoms with E-state index < -0.39 is 17.6 Å². The van der Waals surface area contributed by atoms with Crippen LogP contribution in [0.15, 0.2) is 36.5 Å². The Morgan fingerprint density at radius 1 is 1.19 bits per heavy atom. The van der Waals surface area contributed by atoms with Crippen molar-refractivity contribution in [1.82, 2.24) is 14.9 Å². The number of H-pyrrole nitrogens is 1. The number of halogens is 1. The molecule has 9 heteroatoms. The minimum Gasteiger partial charge on any atom is -0.496 e. The van der Waals surface area contributed by atoms with Gasteiger partial charge in [0.2, 0.25) is 0 Å². The number of hydrogen-bond donors (Lipinski definition) is 1. The van der Waals surface area contributed by atoms with Gasteiger partial charge in [0.15, 0.2) is 0 Å². The molecular weight excluding hydrogens is 465 g/mol. The minimum absolute atomic E-state index is 0.273. The summed E-state index contributed by atoms with van der Waals surface area (Å²) >= 11 is 0. The SMILES string of the molecule is CCOC(=O)C1CCN(C(=O)OC(C)(C)C)CC1c1cc2c(-c3cc(F)ccc3OC)ccnc2[nH]1. The van der Waals surface area contributed by atoms with Crippen LogP contribution in [0.4, 0.5) is 9.18 Å². The van der Waals surface area contributed by atoms with Gasteiger partial charge in [-0.2, -0.15) is 0 Å². The Labute approximate surface area is 209 Å². The molecule has 1 amide bonds. The van der Waals surface area contributed by atoms with E-state index in [0.717, 1.165) is 16.6 Å². The highest BCUT2D eigenvalue weighted by atomic mass is 19.1. The fourth-order valence-corrected chi connectivity index (χ4v) is 4.66. The minimum atomic E-state index is -0.630. The summed E-state index contributed by atoms with van der Waals surface area (Å²) < 4.78 is 30.5. The number of nitrogens with one attached hydrogen (secondary N) is 1. The van der Waals surface area contributed by atoms with Crippen LogP contribution in [0.2, 0.25) is 0 Å². The number of fused-ring (bicyclic) bond motifs is 1. The van der Waals surface area contributed by atoms with E-state index in [-0.39, 0.29) is 30.9 Å². The van der Waals surface area contributed by atoms with Crippen LogP contribution < -0.4 is 4.74 Å². The first-order valence-corrected chi connectivity index (χ1v) is 12.1. The molecule has 192 valence electrons. The van der Waals surface area contributed by atoms with Gasteiger partial charge in [0.05, 0.1) is 19.6 Å². The van der Waals surface area contributed by atoms with Gasteiger partial charge in [0, 0.05) is 41.8 Å². The zero-order chi connectivity index (χ0) is 26.0. The normalized spacial score (nSPS) is 18.2. The van der Waals surface area contributed by atoms with E-state index in [1.807, 2.05) is 26.8 Å². The molecule has 3 aromatic rings. The van der Waals surface area contributed by atoms with Gasteiger partial charge in [-0.15, -0.1) is 0 Å². The fraction of sp³-hybridized carbons (Fsp3) is 0.444. The Morgan fingerprint density at radius 3 is 2.67 bits per heavy atom. The van der Waals surface area contributed by atoms with E-state index in [2.05, 4.69) is 9.97 Å². The lowest BCUT2D eigenvalue weighted by Gasteiger charge is -2.37. The number of rotatable bonds is 5. The standard InChI is InChI=1S/C27H32FN3O5/c1-6-35-25(32)18-10-12-31(26(33)36-27(2,3)4)15-21(18)22-14-20-17(9-11-29-24(20)30-22)19-13-16(28)7-8-23(19)34-5/h7-9,11,13-14,18,21H,6,10,12,15H2,1-5H3,(H,29,30). The molecule has 0 saturated carbocycles. The van der Waals surface area contributed by atoms with Crippen LogP contribution in [0.5, 0.6) is 5.75 Å². The van der Waals surface area contributed by atoms with Crippen LogP contribution in [0, 0.1) is 11.7 Å². The Bertz CT molecular complexity index is 1270. The molecule has 0 radical (unpaired) electrons. The van der Waals surface area contributed by atoms with Gasteiger partial charge in [-0.05, 0) is 70.0 Å². The maximum Gasteiger partial charge on any atom is 0.410 e. The maximum atomic E-state index is 14.1. The molecule has 1 saturated heterocycles. The number of esters is 1. The second-order valence-electron chi connectivity index (χ2n) is 9.87. The van der Waals surface area contributed by atoms with E-state index in [1.54, 1.807) is 30.2 Å². The number of aromatic nitrogens is 2. The number of piperidine rings is 1. The van der Waals surface area contributed by atoms with Crippen molar-refractivity contribution in [2.24, 2.45) is 5.92 Å². The molecule has 0 spiro atoms. The third-order valence-electron chi connectivity index (χ3n) is 6.26. The third-order valence-corrected chi connectivity index (χ3v) is 6.26. The number of carbonyl (C=O) groups excluding carboxylic acids is 2. The smallest absolute Gasteiger partial charge is 0.410 e. The van der Waals surface area contributed by atoms with E-state index in [9.17, 15) is 14.0 Å². The topological polar surface area (TPSA) is 93.8 Å². The van der Waals surface area contributed by atoms with E-state index in [1.165, 1.54) is 19.2 Å². The molecule has 2 unspecified atom stereocenters. The summed E-state index contributed by atoms with van der Waals surface area (Å²) in [6.07, 6.45) is 1.66. The highest BCUT2D eigenvalue weighted by Crippen LogP contribution is 2.39. The number of amides is 1. The molecule has 1 aliphatic rings. The lowest BCUT2D eigenvalue weighted by Crippen LogP contribution is -2.47. The third kappa shape index (κ3) is 5.29. The molecule has 0 bridgehead atoms. The largest absolute Gasteiger partial charge is 0.496 e. The zero-order valence-electron chi connectivity index (χ0n) is 21.3. The number of nitrogens with zero attached hydrogens (tertiary/aromatic N) is 2. The van der Waals surface area contributed by atoms with Crippen LogP contribution >= 0.6 is 0 Å². The lowest BCUT2D eigenvalue weighted by molar-refractivity contribution is -0.150. The van der Waals surface area contributed by atoms with Crippen LogP contribution in [0.1, 0.15) is 45.7 Å². The highest BCUT2D eigenvalue weighted by Gasteiger charge is 2.39. The Morgan fingerprint density at radius 2 is 1.97 bits per heavy atom. The number of likely N-dealkylation sites (tertiary alicyclic amines) is 1. The average Bonchev–Trinajstić information content (AvgIpc) is 3.27. The molecular formula is C27H32FN3O5. The van der Waals surface area contributed by atoms with Gasteiger partial charge in [0.25, 0.3) is 0 Å². The van der Waals surface area contributed by atoms with Crippen molar-refractivity contribution in [2.75, 3.05) is 26.8 Å².